The van der Waals surface area contributed by atoms with E-state index in [1.807, 2.05) is 6.07 Å². The molecule has 0 saturated heterocycles. The van der Waals surface area contributed by atoms with Crippen molar-refractivity contribution in [1.29, 1.82) is 5.26 Å². The Morgan fingerprint density at radius 2 is 2.04 bits per heavy atom. The minimum Gasteiger partial charge on any atom is -0.493 e. The Labute approximate surface area is 143 Å². The Hall–Kier alpha value is -3.47. The van der Waals surface area contributed by atoms with Crippen molar-refractivity contribution < 1.29 is 14.6 Å². The quantitative estimate of drug-likeness (QED) is 0.678. The lowest BCUT2D eigenvalue weighted by Crippen LogP contribution is -2.18. The molecule has 0 saturated carbocycles. The molecule has 2 rings (SSSR count). The molecule has 8 nitrogen and oxygen atoms in total. The fourth-order valence-electron chi connectivity index (χ4n) is 2.17. The van der Waals surface area contributed by atoms with Crippen molar-refractivity contribution in [2.24, 2.45) is 17.3 Å². The number of benzene rings is 1. The molecule has 0 radical (unpaired) electrons. The van der Waals surface area contributed by atoms with Crippen LogP contribution in [0.2, 0.25) is 0 Å². The number of carbonyl (C=O) groups is 1. The van der Waals surface area contributed by atoms with Gasteiger partial charge in [-0.25, -0.2) is 4.79 Å². The van der Waals surface area contributed by atoms with Crippen LogP contribution >= 0.6 is 0 Å². The first-order chi connectivity index (χ1) is 11.9. The van der Waals surface area contributed by atoms with Crippen LogP contribution in [-0.2, 0) is 11.8 Å². The SMILES string of the molecule is CCOC(=O)c1ccccc1N=Nc1c(C)c(C#N)c(O)n(C)c1=O. The number of ether oxygens (including phenoxy) is 1. The monoisotopic (exact) mass is 340 g/mol. The molecule has 0 amide bonds. The lowest BCUT2D eigenvalue weighted by atomic mass is 10.1. The third-order valence-corrected chi connectivity index (χ3v) is 3.55. The summed E-state index contributed by atoms with van der Waals surface area (Å²) < 4.78 is 5.87. The lowest BCUT2D eigenvalue weighted by Gasteiger charge is -2.08. The molecule has 1 aromatic carbocycles. The Morgan fingerprint density at radius 1 is 1.36 bits per heavy atom. The van der Waals surface area contributed by atoms with Crippen LogP contribution in [0, 0.1) is 18.3 Å². The van der Waals surface area contributed by atoms with Gasteiger partial charge in [0, 0.05) is 12.6 Å². The summed E-state index contributed by atoms with van der Waals surface area (Å²) >= 11 is 0. The highest BCUT2D eigenvalue weighted by Crippen LogP contribution is 2.27. The number of aromatic nitrogens is 1. The molecule has 0 aliphatic carbocycles. The maximum Gasteiger partial charge on any atom is 0.340 e. The molecule has 0 spiro atoms. The summed E-state index contributed by atoms with van der Waals surface area (Å²) in [5.41, 5.74) is -0.104. The van der Waals surface area contributed by atoms with Crippen LogP contribution in [0.25, 0.3) is 0 Å². The van der Waals surface area contributed by atoms with E-state index >= 15 is 0 Å². The summed E-state index contributed by atoms with van der Waals surface area (Å²) in [7, 11) is 1.32. The molecule has 8 heteroatoms. The van der Waals surface area contributed by atoms with E-state index < -0.39 is 17.4 Å². The van der Waals surface area contributed by atoms with Gasteiger partial charge >= 0.3 is 5.97 Å². The Balaban J connectivity index is 2.56. The number of hydrogen-bond donors (Lipinski definition) is 1. The van der Waals surface area contributed by atoms with E-state index in [0.29, 0.717) is 0 Å². The Bertz CT molecular complexity index is 954. The van der Waals surface area contributed by atoms with Gasteiger partial charge in [-0.1, -0.05) is 12.1 Å². The van der Waals surface area contributed by atoms with Gasteiger partial charge in [0.1, 0.15) is 17.3 Å². The smallest absolute Gasteiger partial charge is 0.340 e. The predicted octanol–water partition coefficient (Wildman–Crippen LogP) is 2.86. The van der Waals surface area contributed by atoms with Crippen molar-refractivity contribution in [3.63, 3.8) is 0 Å². The van der Waals surface area contributed by atoms with Gasteiger partial charge in [0.05, 0.1) is 12.2 Å². The number of pyridine rings is 1. The number of azo groups is 1. The van der Waals surface area contributed by atoms with Crippen molar-refractivity contribution in [3.05, 3.63) is 51.3 Å². The zero-order valence-electron chi connectivity index (χ0n) is 14.0. The van der Waals surface area contributed by atoms with Crippen LogP contribution in [0.3, 0.4) is 0 Å². The maximum atomic E-state index is 12.3. The van der Waals surface area contributed by atoms with Crippen LogP contribution < -0.4 is 5.56 Å². The van der Waals surface area contributed by atoms with E-state index in [4.69, 9.17) is 10.00 Å². The highest BCUT2D eigenvalue weighted by atomic mass is 16.5. The first-order valence-corrected chi connectivity index (χ1v) is 7.42. The average molecular weight is 340 g/mol. The number of rotatable bonds is 4. The van der Waals surface area contributed by atoms with Crippen molar-refractivity contribution in [2.75, 3.05) is 6.61 Å². The molecular weight excluding hydrogens is 324 g/mol. The van der Waals surface area contributed by atoms with Crippen LogP contribution in [0.4, 0.5) is 11.4 Å². The molecule has 0 fully saturated rings. The minimum absolute atomic E-state index is 0.0604. The Morgan fingerprint density at radius 3 is 2.68 bits per heavy atom. The van der Waals surface area contributed by atoms with Crippen LogP contribution in [-0.4, -0.2) is 22.2 Å². The van der Waals surface area contributed by atoms with E-state index in [-0.39, 0.29) is 34.7 Å². The molecule has 0 atom stereocenters. The number of carbonyl (C=O) groups excluding carboxylic acids is 1. The minimum atomic E-state index is -0.605. The highest BCUT2D eigenvalue weighted by molar-refractivity contribution is 5.94. The number of aromatic hydroxyl groups is 1. The number of esters is 1. The molecule has 0 aliphatic heterocycles. The van der Waals surface area contributed by atoms with Crippen molar-refractivity contribution in [2.45, 2.75) is 13.8 Å². The molecule has 0 bridgehead atoms. The summed E-state index contributed by atoms with van der Waals surface area (Å²) in [6.07, 6.45) is 0. The van der Waals surface area contributed by atoms with Gasteiger partial charge in [0.2, 0.25) is 5.88 Å². The molecule has 1 aromatic heterocycles. The molecule has 1 heterocycles. The summed E-state index contributed by atoms with van der Waals surface area (Å²) in [6, 6.07) is 8.25. The van der Waals surface area contributed by atoms with E-state index in [9.17, 15) is 14.7 Å². The van der Waals surface area contributed by atoms with Crippen molar-refractivity contribution >= 4 is 17.3 Å². The molecule has 0 unspecified atom stereocenters. The molecule has 1 N–H and O–H groups in total. The van der Waals surface area contributed by atoms with Gasteiger partial charge in [0.15, 0.2) is 5.69 Å². The van der Waals surface area contributed by atoms with Gasteiger partial charge in [0.25, 0.3) is 5.56 Å². The summed E-state index contributed by atoms with van der Waals surface area (Å²) in [6.45, 7) is 3.40. The third-order valence-electron chi connectivity index (χ3n) is 3.55. The molecule has 2 aromatic rings. The van der Waals surface area contributed by atoms with Gasteiger partial charge in [-0.05, 0) is 26.0 Å². The van der Waals surface area contributed by atoms with E-state index in [1.165, 1.54) is 20.0 Å². The third kappa shape index (κ3) is 3.40. The standard InChI is InChI=1S/C17H16N4O4/c1-4-25-17(24)11-7-5-6-8-13(11)19-20-14-10(2)12(9-18)15(22)21(3)16(14)23/h5-8,22H,4H2,1-3H3. The number of nitrogens with zero attached hydrogens (tertiary/aromatic N) is 4. The molecule has 25 heavy (non-hydrogen) atoms. The van der Waals surface area contributed by atoms with Gasteiger partial charge in [-0.2, -0.15) is 5.26 Å². The first kappa shape index (κ1) is 17.9. The second-order valence-corrected chi connectivity index (χ2v) is 5.09. The van der Waals surface area contributed by atoms with E-state index in [1.54, 1.807) is 25.1 Å². The van der Waals surface area contributed by atoms with Crippen LogP contribution in [0.1, 0.15) is 28.4 Å². The van der Waals surface area contributed by atoms with E-state index in [0.717, 1.165) is 4.57 Å². The summed E-state index contributed by atoms with van der Waals surface area (Å²) in [5.74, 6) is -0.985. The zero-order chi connectivity index (χ0) is 18.6. The average Bonchev–Trinajstić information content (AvgIpc) is 2.61. The highest BCUT2D eigenvalue weighted by Gasteiger charge is 2.17. The molecule has 0 aliphatic rings. The molecule has 128 valence electrons. The van der Waals surface area contributed by atoms with Gasteiger partial charge in [-0.15, -0.1) is 10.2 Å². The van der Waals surface area contributed by atoms with Crippen molar-refractivity contribution in [1.82, 2.24) is 4.57 Å². The predicted molar refractivity (Wildman–Crippen MR) is 89.4 cm³/mol. The zero-order valence-corrected chi connectivity index (χ0v) is 14.0. The second-order valence-electron chi connectivity index (χ2n) is 5.09. The summed E-state index contributed by atoms with van der Waals surface area (Å²) in [5, 5.41) is 26.9. The van der Waals surface area contributed by atoms with Crippen molar-refractivity contribution in [3.8, 4) is 11.9 Å². The largest absolute Gasteiger partial charge is 0.493 e. The number of hydrogen-bond acceptors (Lipinski definition) is 7. The van der Waals surface area contributed by atoms with Gasteiger partial charge in [-0.3, -0.25) is 9.36 Å². The van der Waals surface area contributed by atoms with E-state index in [2.05, 4.69) is 10.2 Å². The maximum absolute atomic E-state index is 12.3. The summed E-state index contributed by atoms with van der Waals surface area (Å²) in [4.78, 5) is 24.2. The second kappa shape index (κ2) is 7.40. The lowest BCUT2D eigenvalue weighted by molar-refractivity contribution is 0.0527. The number of nitriles is 1. The van der Waals surface area contributed by atoms with Crippen LogP contribution in [0.5, 0.6) is 5.88 Å². The van der Waals surface area contributed by atoms with Crippen LogP contribution in [0.15, 0.2) is 39.3 Å². The molecular formula is C17H16N4O4. The van der Waals surface area contributed by atoms with Gasteiger partial charge < -0.3 is 9.84 Å². The fraction of sp³-hybridized carbons (Fsp3) is 0.235. The Kier molecular flexibility index (Phi) is 5.29. The first-order valence-electron chi connectivity index (χ1n) is 7.42. The normalized spacial score (nSPS) is 10.6. The topological polar surface area (TPSA) is 117 Å². The fourth-order valence-corrected chi connectivity index (χ4v) is 2.17.